The normalized spacial score (nSPS) is 19.3. The molecule has 2 aliphatic rings. The van der Waals surface area contributed by atoms with Crippen molar-refractivity contribution in [2.75, 3.05) is 44.8 Å². The Labute approximate surface area is 127 Å². The van der Waals surface area contributed by atoms with E-state index in [4.69, 9.17) is 9.47 Å². The van der Waals surface area contributed by atoms with Gasteiger partial charge in [0.2, 0.25) is 0 Å². The number of rotatable bonds is 3. The lowest BCUT2D eigenvalue weighted by molar-refractivity contribution is 0.121. The Morgan fingerprint density at radius 2 is 2.19 bits per heavy atom. The van der Waals surface area contributed by atoms with Gasteiger partial charge in [-0.05, 0) is 62.5 Å². The Balaban J connectivity index is 1.99. The first-order valence-corrected chi connectivity index (χ1v) is 7.97. The summed E-state index contributed by atoms with van der Waals surface area (Å²) >= 11 is 0. The number of ether oxygens (including phenoxy) is 2. The van der Waals surface area contributed by atoms with Crippen LogP contribution in [0.2, 0.25) is 0 Å². The summed E-state index contributed by atoms with van der Waals surface area (Å²) in [5.74, 6) is 1.06. The predicted octanol–water partition coefficient (Wildman–Crippen LogP) is 1.92. The first-order valence-electron chi connectivity index (χ1n) is 7.97. The summed E-state index contributed by atoms with van der Waals surface area (Å²) in [6.07, 6.45) is 2.44. The van der Waals surface area contributed by atoms with Crippen molar-refractivity contribution in [3.05, 3.63) is 22.8 Å². The molecule has 2 heterocycles. The van der Waals surface area contributed by atoms with Gasteiger partial charge < -0.3 is 19.7 Å². The van der Waals surface area contributed by atoms with Crippen LogP contribution in [-0.4, -0.2) is 46.0 Å². The second-order valence-corrected chi connectivity index (χ2v) is 6.08. The average Bonchev–Trinajstić information content (AvgIpc) is 2.73. The van der Waals surface area contributed by atoms with Crippen LogP contribution in [-0.2, 0) is 17.6 Å². The molecule has 0 spiro atoms. The third-order valence-electron chi connectivity index (χ3n) is 4.67. The predicted molar refractivity (Wildman–Crippen MR) is 85.6 cm³/mol. The average molecular weight is 290 g/mol. The number of methoxy groups -OCH3 is 1. The minimum atomic E-state index is 0.232. The molecule has 1 N–H and O–H groups in total. The van der Waals surface area contributed by atoms with Crippen molar-refractivity contribution in [2.45, 2.75) is 32.8 Å². The Kier molecular flexibility index (Phi) is 4.36. The number of nitrogens with zero attached hydrogens (tertiary/aromatic N) is 1. The summed E-state index contributed by atoms with van der Waals surface area (Å²) in [6.45, 7) is 9.14. The van der Waals surface area contributed by atoms with Crippen molar-refractivity contribution >= 4 is 5.69 Å². The van der Waals surface area contributed by atoms with E-state index in [-0.39, 0.29) is 6.10 Å². The van der Waals surface area contributed by atoms with Crippen LogP contribution >= 0.6 is 0 Å². The topological polar surface area (TPSA) is 33.7 Å². The second-order valence-electron chi connectivity index (χ2n) is 6.08. The zero-order valence-electron chi connectivity index (χ0n) is 13.4. The van der Waals surface area contributed by atoms with Crippen LogP contribution < -0.4 is 15.0 Å². The van der Waals surface area contributed by atoms with Crippen LogP contribution in [0.5, 0.6) is 5.75 Å². The fourth-order valence-electron chi connectivity index (χ4n) is 3.46. The first-order chi connectivity index (χ1) is 10.2. The van der Waals surface area contributed by atoms with Crippen molar-refractivity contribution in [3.8, 4) is 5.75 Å². The van der Waals surface area contributed by atoms with Gasteiger partial charge in [0, 0.05) is 13.7 Å². The quantitative estimate of drug-likeness (QED) is 0.922. The molecule has 0 aromatic heterocycles. The van der Waals surface area contributed by atoms with Crippen molar-refractivity contribution < 1.29 is 9.47 Å². The van der Waals surface area contributed by atoms with Crippen LogP contribution in [0.15, 0.2) is 6.07 Å². The summed E-state index contributed by atoms with van der Waals surface area (Å²) in [6, 6.07) is 2.27. The molecule has 116 valence electrons. The van der Waals surface area contributed by atoms with Gasteiger partial charge in [-0.25, -0.2) is 0 Å². The molecule has 1 aromatic rings. The fraction of sp³-hybridized carbons (Fsp3) is 0.647. The molecule has 0 aliphatic carbocycles. The summed E-state index contributed by atoms with van der Waals surface area (Å²) in [4.78, 5) is 2.43. The lowest BCUT2D eigenvalue weighted by Crippen LogP contribution is -2.39. The zero-order chi connectivity index (χ0) is 14.8. The third-order valence-corrected chi connectivity index (χ3v) is 4.67. The SMILES string of the molecule is CO[C@@H](C)CN1CCOc2cc3c(c(C)c21)CCNCC3. The van der Waals surface area contributed by atoms with Crippen LogP contribution in [0.4, 0.5) is 5.69 Å². The highest BCUT2D eigenvalue weighted by molar-refractivity contribution is 5.69. The molecule has 4 heteroatoms. The Hall–Kier alpha value is -1.26. The molecule has 0 saturated heterocycles. The highest BCUT2D eigenvalue weighted by Crippen LogP contribution is 2.39. The molecular weight excluding hydrogens is 264 g/mol. The summed E-state index contributed by atoms with van der Waals surface area (Å²) in [5.41, 5.74) is 5.65. The van der Waals surface area contributed by atoms with Crippen molar-refractivity contribution in [1.29, 1.82) is 0 Å². The summed E-state index contributed by atoms with van der Waals surface area (Å²) in [5, 5.41) is 3.49. The van der Waals surface area contributed by atoms with E-state index in [1.165, 1.54) is 22.4 Å². The van der Waals surface area contributed by atoms with Gasteiger partial charge in [-0.2, -0.15) is 0 Å². The fourth-order valence-corrected chi connectivity index (χ4v) is 3.46. The maximum atomic E-state index is 5.95. The minimum absolute atomic E-state index is 0.232. The van der Waals surface area contributed by atoms with E-state index in [2.05, 4.69) is 30.1 Å². The molecule has 1 aromatic carbocycles. The summed E-state index contributed by atoms with van der Waals surface area (Å²) in [7, 11) is 1.78. The van der Waals surface area contributed by atoms with Gasteiger partial charge in [-0.1, -0.05) is 0 Å². The number of anilines is 1. The van der Waals surface area contributed by atoms with Gasteiger partial charge in [0.15, 0.2) is 0 Å². The maximum absolute atomic E-state index is 5.95. The van der Waals surface area contributed by atoms with Crippen molar-refractivity contribution in [2.24, 2.45) is 0 Å². The van der Waals surface area contributed by atoms with E-state index in [1.807, 2.05) is 0 Å². The molecule has 21 heavy (non-hydrogen) atoms. The highest BCUT2D eigenvalue weighted by atomic mass is 16.5. The van der Waals surface area contributed by atoms with Crippen LogP contribution in [0.25, 0.3) is 0 Å². The first kappa shape index (κ1) is 14.7. The molecule has 2 aliphatic heterocycles. The number of fused-ring (bicyclic) bond motifs is 2. The van der Waals surface area contributed by atoms with Gasteiger partial charge in [0.1, 0.15) is 12.4 Å². The van der Waals surface area contributed by atoms with Gasteiger partial charge in [-0.3, -0.25) is 0 Å². The van der Waals surface area contributed by atoms with E-state index in [1.54, 1.807) is 7.11 Å². The Morgan fingerprint density at radius 1 is 1.38 bits per heavy atom. The molecule has 0 unspecified atom stereocenters. The number of benzene rings is 1. The number of hydrogen-bond acceptors (Lipinski definition) is 4. The highest BCUT2D eigenvalue weighted by Gasteiger charge is 2.25. The van der Waals surface area contributed by atoms with E-state index >= 15 is 0 Å². The monoisotopic (exact) mass is 290 g/mol. The molecule has 0 fully saturated rings. The largest absolute Gasteiger partial charge is 0.490 e. The number of hydrogen-bond donors (Lipinski definition) is 1. The van der Waals surface area contributed by atoms with Crippen molar-refractivity contribution in [3.63, 3.8) is 0 Å². The summed E-state index contributed by atoms with van der Waals surface area (Å²) < 4.78 is 11.4. The molecule has 0 radical (unpaired) electrons. The van der Waals surface area contributed by atoms with E-state index < -0.39 is 0 Å². The molecule has 0 bridgehead atoms. The lowest BCUT2D eigenvalue weighted by atomic mass is 9.94. The van der Waals surface area contributed by atoms with E-state index in [0.717, 1.165) is 51.4 Å². The minimum Gasteiger partial charge on any atom is -0.490 e. The molecule has 1 atom stereocenters. The molecule has 0 saturated carbocycles. The van der Waals surface area contributed by atoms with Crippen LogP contribution in [0, 0.1) is 6.92 Å². The van der Waals surface area contributed by atoms with E-state index in [0.29, 0.717) is 0 Å². The zero-order valence-corrected chi connectivity index (χ0v) is 13.4. The maximum Gasteiger partial charge on any atom is 0.143 e. The second kappa shape index (κ2) is 6.24. The molecule has 4 nitrogen and oxygen atoms in total. The molecule has 3 rings (SSSR count). The Bertz CT molecular complexity index is 516. The standard InChI is InChI=1S/C17H26N2O2/c1-12(20-3)11-19-8-9-21-16-10-14-4-6-18-7-5-15(14)13(2)17(16)19/h10,12,18H,4-9,11H2,1-3H3/t12-/m0/s1. The van der Waals surface area contributed by atoms with Gasteiger partial charge in [-0.15, -0.1) is 0 Å². The van der Waals surface area contributed by atoms with Gasteiger partial charge in [0.25, 0.3) is 0 Å². The van der Waals surface area contributed by atoms with E-state index in [9.17, 15) is 0 Å². The molecular formula is C17H26N2O2. The molecule has 0 amide bonds. The smallest absolute Gasteiger partial charge is 0.143 e. The third kappa shape index (κ3) is 2.87. The van der Waals surface area contributed by atoms with Crippen molar-refractivity contribution in [1.82, 2.24) is 5.32 Å². The van der Waals surface area contributed by atoms with Gasteiger partial charge >= 0.3 is 0 Å². The Morgan fingerprint density at radius 3 is 3.00 bits per heavy atom. The number of nitrogens with one attached hydrogen (secondary N) is 1. The van der Waals surface area contributed by atoms with Crippen LogP contribution in [0.1, 0.15) is 23.6 Å². The lowest BCUT2D eigenvalue weighted by Gasteiger charge is -2.35. The van der Waals surface area contributed by atoms with Crippen LogP contribution in [0.3, 0.4) is 0 Å². The van der Waals surface area contributed by atoms with Gasteiger partial charge in [0.05, 0.1) is 18.3 Å².